The van der Waals surface area contributed by atoms with Crippen molar-refractivity contribution in [2.24, 2.45) is 0 Å². The van der Waals surface area contributed by atoms with E-state index in [9.17, 15) is 0 Å². The molecule has 0 bridgehead atoms. The number of alkyl halides is 1. The lowest BCUT2D eigenvalue weighted by molar-refractivity contribution is 0.147. The summed E-state index contributed by atoms with van der Waals surface area (Å²) in [6.45, 7) is 5.75. The predicted molar refractivity (Wildman–Crippen MR) is 31.5 cm³/mol. The van der Waals surface area contributed by atoms with Crippen LogP contribution in [-0.4, -0.2) is 12.2 Å². The maximum atomic E-state index is 5.39. The molecule has 0 saturated heterocycles. The number of rotatable bonds is 3. The van der Waals surface area contributed by atoms with E-state index in [2.05, 4.69) is 6.58 Å². The Kier molecular flexibility index (Phi) is 4.15. The maximum Gasteiger partial charge on any atom is 0.128 e. The lowest BCUT2D eigenvalue weighted by Crippen LogP contribution is -1.97. The van der Waals surface area contributed by atoms with Crippen LogP contribution in [0.4, 0.5) is 0 Å². The second kappa shape index (κ2) is 4.16. The van der Waals surface area contributed by atoms with Gasteiger partial charge in [-0.25, -0.2) is 0 Å². The van der Waals surface area contributed by atoms with Crippen molar-refractivity contribution in [1.82, 2.24) is 0 Å². The molecule has 0 aromatic carbocycles. The highest BCUT2D eigenvalue weighted by atomic mass is 35.5. The van der Waals surface area contributed by atoms with Crippen molar-refractivity contribution >= 4 is 11.6 Å². The molecule has 0 aromatic heterocycles. The third-order valence-corrected chi connectivity index (χ3v) is 0.570. The van der Waals surface area contributed by atoms with E-state index in [0.29, 0.717) is 6.61 Å². The average molecular weight is 121 g/mol. The number of halogens is 1. The van der Waals surface area contributed by atoms with Gasteiger partial charge in [0.2, 0.25) is 0 Å². The highest BCUT2D eigenvalue weighted by Crippen LogP contribution is 1.93. The summed E-state index contributed by atoms with van der Waals surface area (Å²) in [6, 6.07) is 0. The smallest absolute Gasteiger partial charge is 0.128 e. The first-order valence-corrected chi connectivity index (χ1v) is 2.57. The molecule has 0 fully saturated rings. The van der Waals surface area contributed by atoms with Crippen LogP contribution in [0.3, 0.4) is 0 Å². The van der Waals surface area contributed by atoms with Crippen LogP contribution >= 0.6 is 11.6 Å². The molecule has 0 aliphatic carbocycles. The summed E-state index contributed by atoms with van der Waals surface area (Å²) in [5.41, 5.74) is -0.196. The molecular formula is C5H9ClO. The number of hydrogen-bond acceptors (Lipinski definition) is 1. The molecule has 0 heterocycles. The Labute approximate surface area is 48.9 Å². The molecule has 0 radical (unpaired) electrons. The molecule has 1 atom stereocenters. The predicted octanol–water partition coefficient (Wildman–Crippen LogP) is 1.77. The van der Waals surface area contributed by atoms with Crippen molar-refractivity contribution in [3.8, 4) is 0 Å². The molecule has 0 aliphatic rings. The second-order valence-corrected chi connectivity index (χ2v) is 1.78. The molecule has 0 aromatic rings. The van der Waals surface area contributed by atoms with Gasteiger partial charge in [-0.3, -0.25) is 0 Å². The van der Waals surface area contributed by atoms with Crippen molar-refractivity contribution < 1.29 is 4.74 Å². The fraction of sp³-hybridized carbons (Fsp3) is 0.600. The molecular weight excluding hydrogens is 112 g/mol. The fourth-order valence-electron chi connectivity index (χ4n) is 0.201. The van der Waals surface area contributed by atoms with Gasteiger partial charge in [-0.05, 0) is 6.92 Å². The lowest BCUT2D eigenvalue weighted by atomic mass is 10.7. The van der Waals surface area contributed by atoms with Gasteiger partial charge in [-0.15, -0.1) is 6.58 Å². The average Bonchev–Trinajstić information content (AvgIpc) is 1.61. The molecule has 0 rings (SSSR count). The highest BCUT2D eigenvalue weighted by Gasteiger charge is 1.88. The van der Waals surface area contributed by atoms with Crippen molar-refractivity contribution in [3.05, 3.63) is 12.7 Å². The minimum absolute atomic E-state index is 0.196. The maximum absolute atomic E-state index is 5.39. The van der Waals surface area contributed by atoms with Gasteiger partial charge in [0.15, 0.2) is 0 Å². The monoisotopic (exact) mass is 120 g/mol. The Bertz CT molecular complexity index is 52.0. The van der Waals surface area contributed by atoms with E-state index in [1.807, 2.05) is 0 Å². The SMILES string of the molecule is C=CCOC(C)Cl. The molecule has 7 heavy (non-hydrogen) atoms. The molecule has 0 saturated carbocycles. The quantitative estimate of drug-likeness (QED) is 0.408. The third kappa shape index (κ3) is 5.99. The van der Waals surface area contributed by atoms with Crippen molar-refractivity contribution in [2.45, 2.75) is 12.5 Å². The first-order chi connectivity index (χ1) is 3.27. The zero-order valence-corrected chi connectivity index (χ0v) is 5.11. The Hall–Kier alpha value is -0.0100. The van der Waals surface area contributed by atoms with Gasteiger partial charge in [0.25, 0.3) is 0 Å². The minimum Gasteiger partial charge on any atom is -0.359 e. The summed E-state index contributed by atoms with van der Waals surface area (Å²) in [4.78, 5) is 0. The summed E-state index contributed by atoms with van der Waals surface area (Å²) < 4.78 is 4.84. The normalized spacial score (nSPS) is 13.4. The van der Waals surface area contributed by atoms with E-state index in [-0.39, 0.29) is 5.56 Å². The van der Waals surface area contributed by atoms with Crippen molar-refractivity contribution in [1.29, 1.82) is 0 Å². The van der Waals surface area contributed by atoms with Crippen LogP contribution in [-0.2, 0) is 4.74 Å². The van der Waals surface area contributed by atoms with E-state index in [1.165, 1.54) is 0 Å². The van der Waals surface area contributed by atoms with Gasteiger partial charge in [0.05, 0.1) is 6.61 Å². The number of hydrogen-bond donors (Lipinski definition) is 0. The van der Waals surface area contributed by atoms with Crippen LogP contribution < -0.4 is 0 Å². The number of ether oxygens (including phenoxy) is 1. The van der Waals surface area contributed by atoms with Gasteiger partial charge < -0.3 is 4.74 Å². The molecule has 0 amide bonds. The molecule has 2 heteroatoms. The van der Waals surface area contributed by atoms with Crippen LogP contribution in [0.15, 0.2) is 12.7 Å². The largest absolute Gasteiger partial charge is 0.359 e. The topological polar surface area (TPSA) is 9.23 Å². The van der Waals surface area contributed by atoms with Gasteiger partial charge in [-0.2, -0.15) is 0 Å². The van der Waals surface area contributed by atoms with Crippen molar-refractivity contribution in [3.63, 3.8) is 0 Å². The van der Waals surface area contributed by atoms with Crippen LogP contribution in [0.2, 0.25) is 0 Å². The Morgan fingerprint density at radius 2 is 2.57 bits per heavy atom. The zero-order valence-electron chi connectivity index (χ0n) is 4.36. The van der Waals surface area contributed by atoms with E-state index < -0.39 is 0 Å². The first kappa shape index (κ1) is 6.99. The van der Waals surface area contributed by atoms with E-state index >= 15 is 0 Å². The fourth-order valence-corrected chi connectivity index (χ4v) is 0.273. The zero-order chi connectivity index (χ0) is 5.70. The van der Waals surface area contributed by atoms with Crippen molar-refractivity contribution in [2.75, 3.05) is 6.61 Å². The Morgan fingerprint density at radius 1 is 2.00 bits per heavy atom. The molecule has 42 valence electrons. The van der Waals surface area contributed by atoms with Crippen LogP contribution in [0, 0.1) is 0 Å². The molecule has 0 spiro atoms. The first-order valence-electron chi connectivity index (χ1n) is 2.14. The van der Waals surface area contributed by atoms with E-state index in [0.717, 1.165) is 0 Å². The second-order valence-electron chi connectivity index (χ2n) is 1.17. The van der Waals surface area contributed by atoms with Gasteiger partial charge >= 0.3 is 0 Å². The van der Waals surface area contributed by atoms with Gasteiger partial charge in [0, 0.05) is 0 Å². The van der Waals surface area contributed by atoms with Crippen LogP contribution in [0.25, 0.3) is 0 Å². The molecule has 0 N–H and O–H groups in total. The standard InChI is InChI=1S/C5H9ClO/c1-3-4-7-5(2)6/h3,5H,1,4H2,2H3. The Balaban J connectivity index is 2.81. The van der Waals surface area contributed by atoms with Crippen LogP contribution in [0.5, 0.6) is 0 Å². The summed E-state index contributed by atoms with van der Waals surface area (Å²) in [5.74, 6) is 0. The molecule has 1 nitrogen and oxygen atoms in total. The lowest BCUT2D eigenvalue weighted by Gasteiger charge is -1.98. The highest BCUT2D eigenvalue weighted by molar-refractivity contribution is 6.19. The van der Waals surface area contributed by atoms with Gasteiger partial charge in [0.1, 0.15) is 5.56 Å². The Morgan fingerprint density at radius 3 is 2.71 bits per heavy atom. The summed E-state index contributed by atoms with van der Waals surface area (Å²) >= 11 is 5.39. The van der Waals surface area contributed by atoms with E-state index in [1.54, 1.807) is 13.0 Å². The molecule has 1 unspecified atom stereocenters. The third-order valence-electron chi connectivity index (χ3n) is 0.444. The van der Waals surface area contributed by atoms with Crippen LogP contribution in [0.1, 0.15) is 6.92 Å². The van der Waals surface area contributed by atoms with Gasteiger partial charge in [-0.1, -0.05) is 17.7 Å². The summed E-state index contributed by atoms with van der Waals surface area (Å²) in [7, 11) is 0. The minimum atomic E-state index is -0.196. The van der Waals surface area contributed by atoms with E-state index in [4.69, 9.17) is 16.3 Å². The summed E-state index contributed by atoms with van der Waals surface area (Å²) in [6.07, 6.45) is 1.67. The summed E-state index contributed by atoms with van der Waals surface area (Å²) in [5, 5.41) is 0. The molecule has 0 aliphatic heterocycles.